The summed E-state index contributed by atoms with van der Waals surface area (Å²) < 4.78 is 1.51. The Labute approximate surface area is 105 Å². The number of thioether (sulfide) groups is 1. The van der Waals surface area contributed by atoms with Crippen LogP contribution in [0.3, 0.4) is 0 Å². The molecule has 1 fully saturated rings. The second kappa shape index (κ2) is 4.31. The van der Waals surface area contributed by atoms with E-state index in [1.165, 1.54) is 0 Å². The lowest BCUT2D eigenvalue weighted by Gasteiger charge is -2.19. The molecule has 0 amide bonds. The second-order valence-corrected chi connectivity index (χ2v) is 6.06. The van der Waals surface area contributed by atoms with E-state index in [0.717, 1.165) is 30.0 Å². The third kappa shape index (κ3) is 1.94. The van der Waals surface area contributed by atoms with Gasteiger partial charge < -0.3 is 0 Å². The Morgan fingerprint density at radius 2 is 2.44 bits per heavy atom. The first-order valence-electron chi connectivity index (χ1n) is 5.31. The molecule has 1 aromatic heterocycles. The Kier molecular flexibility index (Phi) is 3.18. The highest BCUT2D eigenvalue weighted by Gasteiger charge is 2.36. The molecule has 1 aliphatic heterocycles. The number of nitriles is 1. The van der Waals surface area contributed by atoms with Crippen molar-refractivity contribution in [1.82, 2.24) is 9.78 Å². The van der Waals surface area contributed by atoms with Gasteiger partial charge in [0, 0.05) is 13.5 Å². The van der Waals surface area contributed by atoms with Gasteiger partial charge in [0.15, 0.2) is 0 Å². The largest absolute Gasteiger partial charge is 0.271 e. The van der Waals surface area contributed by atoms with Gasteiger partial charge in [-0.1, -0.05) is 11.6 Å². The van der Waals surface area contributed by atoms with Crippen LogP contribution in [-0.2, 0) is 13.5 Å². The first-order valence-corrected chi connectivity index (χ1v) is 6.67. The van der Waals surface area contributed by atoms with Crippen molar-refractivity contribution in [3.05, 3.63) is 16.4 Å². The monoisotopic (exact) mass is 255 g/mol. The minimum Gasteiger partial charge on any atom is -0.271 e. The summed E-state index contributed by atoms with van der Waals surface area (Å²) in [6, 6.07) is 2.45. The van der Waals surface area contributed by atoms with Crippen LogP contribution in [-0.4, -0.2) is 20.3 Å². The number of hydrogen-bond donors (Lipinski definition) is 0. The van der Waals surface area contributed by atoms with Gasteiger partial charge >= 0.3 is 0 Å². The van der Waals surface area contributed by atoms with Crippen LogP contribution in [0.4, 0.5) is 0 Å². The van der Waals surface area contributed by atoms with E-state index in [1.54, 1.807) is 16.4 Å². The first-order chi connectivity index (χ1) is 7.58. The standard InChI is InChI=1S/C11H14ClN3S/c1-8-10(12)9(15(2)14-8)6-11(7-13)4-3-5-16-11/h3-6H2,1-2H3. The van der Waals surface area contributed by atoms with Gasteiger partial charge in [0.1, 0.15) is 4.75 Å². The number of halogens is 1. The highest BCUT2D eigenvalue weighted by atomic mass is 35.5. The fraction of sp³-hybridized carbons (Fsp3) is 0.636. The van der Waals surface area contributed by atoms with Crippen LogP contribution in [0.5, 0.6) is 0 Å². The summed E-state index contributed by atoms with van der Waals surface area (Å²) in [4.78, 5) is 0. The first kappa shape index (κ1) is 11.8. The van der Waals surface area contributed by atoms with Gasteiger partial charge in [0.2, 0.25) is 0 Å². The van der Waals surface area contributed by atoms with Crippen LogP contribution < -0.4 is 0 Å². The van der Waals surface area contributed by atoms with Crippen LogP contribution in [0.25, 0.3) is 0 Å². The molecule has 3 nitrogen and oxygen atoms in total. The second-order valence-electron chi connectivity index (χ2n) is 4.20. The number of aromatic nitrogens is 2. The van der Waals surface area contributed by atoms with Crippen LogP contribution in [0.1, 0.15) is 24.2 Å². The van der Waals surface area contributed by atoms with Crippen molar-refractivity contribution >= 4 is 23.4 Å². The summed E-state index contributed by atoms with van der Waals surface area (Å²) in [5.74, 6) is 1.07. The maximum atomic E-state index is 9.32. The molecule has 0 radical (unpaired) electrons. The maximum absolute atomic E-state index is 9.32. The van der Waals surface area contributed by atoms with Gasteiger partial charge in [0.05, 0.1) is 22.5 Å². The smallest absolute Gasteiger partial charge is 0.108 e. The molecule has 0 aromatic carbocycles. The SMILES string of the molecule is Cc1nn(C)c(CC2(C#N)CCCS2)c1Cl. The summed E-state index contributed by atoms with van der Waals surface area (Å²) in [5, 5.41) is 14.3. The molecular formula is C11H14ClN3S. The number of nitrogens with zero attached hydrogens (tertiary/aromatic N) is 3. The minimum atomic E-state index is -0.288. The lowest BCUT2D eigenvalue weighted by atomic mass is 9.98. The highest BCUT2D eigenvalue weighted by molar-refractivity contribution is 8.01. The van der Waals surface area contributed by atoms with Crippen molar-refractivity contribution in [2.24, 2.45) is 7.05 Å². The molecule has 0 spiro atoms. The average molecular weight is 256 g/mol. The van der Waals surface area contributed by atoms with Crippen molar-refractivity contribution in [2.75, 3.05) is 5.75 Å². The number of hydrogen-bond acceptors (Lipinski definition) is 3. The average Bonchev–Trinajstić information content (AvgIpc) is 2.81. The summed E-state index contributed by atoms with van der Waals surface area (Å²) in [6.45, 7) is 1.90. The summed E-state index contributed by atoms with van der Waals surface area (Å²) in [7, 11) is 1.89. The molecule has 0 aliphatic carbocycles. The van der Waals surface area contributed by atoms with Crippen molar-refractivity contribution in [1.29, 1.82) is 5.26 Å². The van der Waals surface area contributed by atoms with Crippen molar-refractivity contribution in [3.63, 3.8) is 0 Å². The fourth-order valence-electron chi connectivity index (χ4n) is 2.11. The van der Waals surface area contributed by atoms with E-state index in [1.807, 2.05) is 14.0 Å². The van der Waals surface area contributed by atoms with Crippen molar-refractivity contribution in [2.45, 2.75) is 30.9 Å². The molecule has 0 bridgehead atoms. The normalized spacial score (nSPS) is 24.6. The lowest BCUT2D eigenvalue weighted by Crippen LogP contribution is -2.23. The van der Waals surface area contributed by atoms with Crippen LogP contribution >= 0.6 is 23.4 Å². The molecule has 1 aliphatic rings. The minimum absolute atomic E-state index is 0.288. The molecule has 86 valence electrons. The predicted octanol–water partition coefficient (Wildman–Crippen LogP) is 2.71. The molecule has 2 heterocycles. The third-order valence-corrected chi connectivity index (χ3v) is 5.00. The summed E-state index contributed by atoms with van der Waals surface area (Å²) in [5.41, 5.74) is 1.82. The third-order valence-electron chi connectivity index (χ3n) is 3.02. The number of rotatable bonds is 2. The Bertz CT molecular complexity index is 441. The van der Waals surface area contributed by atoms with Crippen LogP contribution in [0.15, 0.2) is 0 Å². The zero-order valence-electron chi connectivity index (χ0n) is 9.46. The molecule has 16 heavy (non-hydrogen) atoms. The fourth-order valence-corrected chi connectivity index (χ4v) is 3.61. The van der Waals surface area contributed by atoms with E-state index >= 15 is 0 Å². The molecule has 5 heteroatoms. The Morgan fingerprint density at radius 1 is 1.69 bits per heavy atom. The summed E-state index contributed by atoms with van der Waals surface area (Å²) in [6.07, 6.45) is 2.77. The van der Waals surface area contributed by atoms with Crippen molar-refractivity contribution in [3.8, 4) is 6.07 Å². The zero-order valence-corrected chi connectivity index (χ0v) is 11.0. The highest BCUT2D eigenvalue weighted by Crippen LogP contribution is 2.41. The van der Waals surface area contributed by atoms with Gasteiger partial charge in [-0.3, -0.25) is 4.68 Å². The van der Waals surface area contributed by atoms with Crippen LogP contribution in [0.2, 0.25) is 5.02 Å². The Morgan fingerprint density at radius 3 is 2.88 bits per heavy atom. The van der Waals surface area contributed by atoms with E-state index in [4.69, 9.17) is 11.6 Å². The molecule has 1 atom stereocenters. The van der Waals surface area contributed by atoms with Gasteiger partial charge in [-0.05, 0) is 25.5 Å². The van der Waals surface area contributed by atoms with Crippen LogP contribution in [0, 0.1) is 18.3 Å². The molecule has 1 aromatic rings. The quantitative estimate of drug-likeness (QED) is 0.816. The van der Waals surface area contributed by atoms with Gasteiger partial charge in [-0.25, -0.2) is 0 Å². The molecule has 2 rings (SSSR count). The van der Waals surface area contributed by atoms with Gasteiger partial charge in [-0.15, -0.1) is 11.8 Å². The van der Waals surface area contributed by atoms with E-state index < -0.39 is 0 Å². The number of aryl methyl sites for hydroxylation is 2. The Hall–Kier alpha value is -0.660. The lowest BCUT2D eigenvalue weighted by molar-refractivity contribution is 0.620. The van der Waals surface area contributed by atoms with E-state index in [2.05, 4.69) is 11.2 Å². The predicted molar refractivity (Wildman–Crippen MR) is 66.7 cm³/mol. The summed E-state index contributed by atoms with van der Waals surface area (Å²) >= 11 is 7.96. The maximum Gasteiger partial charge on any atom is 0.108 e. The van der Waals surface area contributed by atoms with E-state index in [9.17, 15) is 5.26 Å². The van der Waals surface area contributed by atoms with E-state index in [-0.39, 0.29) is 4.75 Å². The molecule has 0 saturated carbocycles. The van der Waals surface area contributed by atoms with Gasteiger partial charge in [0.25, 0.3) is 0 Å². The zero-order chi connectivity index (χ0) is 11.8. The van der Waals surface area contributed by atoms with Gasteiger partial charge in [-0.2, -0.15) is 10.4 Å². The topological polar surface area (TPSA) is 41.6 Å². The molecule has 1 unspecified atom stereocenters. The van der Waals surface area contributed by atoms with Crippen molar-refractivity contribution < 1.29 is 0 Å². The Balaban J connectivity index is 2.30. The molecule has 1 saturated heterocycles. The molecule has 0 N–H and O–H groups in total. The molecular weight excluding hydrogens is 242 g/mol. The van der Waals surface area contributed by atoms with E-state index in [0.29, 0.717) is 11.4 Å².